The third-order valence-corrected chi connectivity index (χ3v) is 5.32. The maximum atomic E-state index is 6.28. The van der Waals surface area contributed by atoms with Crippen molar-refractivity contribution in [3.8, 4) is 0 Å². The standard InChI is InChI=1S/C17H26ClN3/c18-16-4-3-5-17(15(16)12-19)21-10-6-14(7-11-21)13-20-8-1-2-9-20/h3-5,14H,1-2,6-13,19H2. The highest BCUT2D eigenvalue weighted by Crippen LogP contribution is 2.31. The lowest BCUT2D eigenvalue weighted by Crippen LogP contribution is -2.38. The molecule has 4 heteroatoms. The number of nitrogens with zero attached hydrogens (tertiary/aromatic N) is 2. The molecule has 0 bridgehead atoms. The van der Waals surface area contributed by atoms with Crippen molar-refractivity contribution in [3.05, 3.63) is 28.8 Å². The molecule has 0 spiro atoms. The average Bonchev–Trinajstić information content (AvgIpc) is 3.01. The Morgan fingerprint density at radius 2 is 1.81 bits per heavy atom. The lowest BCUT2D eigenvalue weighted by Gasteiger charge is -2.36. The molecule has 1 aromatic carbocycles. The van der Waals surface area contributed by atoms with Gasteiger partial charge < -0.3 is 15.5 Å². The molecule has 0 radical (unpaired) electrons. The van der Waals surface area contributed by atoms with Gasteiger partial charge in [-0.05, 0) is 56.8 Å². The van der Waals surface area contributed by atoms with Gasteiger partial charge in [0, 0.05) is 42.5 Å². The van der Waals surface area contributed by atoms with Gasteiger partial charge in [0.2, 0.25) is 0 Å². The molecule has 2 fully saturated rings. The van der Waals surface area contributed by atoms with Gasteiger partial charge in [-0.3, -0.25) is 0 Å². The Bertz CT molecular complexity index is 463. The Morgan fingerprint density at radius 3 is 2.48 bits per heavy atom. The van der Waals surface area contributed by atoms with Crippen molar-refractivity contribution in [3.63, 3.8) is 0 Å². The molecule has 2 N–H and O–H groups in total. The minimum Gasteiger partial charge on any atom is -0.371 e. The maximum absolute atomic E-state index is 6.28. The molecule has 21 heavy (non-hydrogen) atoms. The topological polar surface area (TPSA) is 32.5 Å². The van der Waals surface area contributed by atoms with Crippen LogP contribution >= 0.6 is 11.6 Å². The lowest BCUT2D eigenvalue weighted by molar-refractivity contribution is 0.249. The second-order valence-electron chi connectivity index (χ2n) is 6.38. The van der Waals surface area contributed by atoms with Crippen LogP contribution in [0.25, 0.3) is 0 Å². The van der Waals surface area contributed by atoms with E-state index in [1.54, 1.807) is 0 Å². The van der Waals surface area contributed by atoms with Crippen molar-refractivity contribution in [2.45, 2.75) is 32.2 Å². The molecule has 2 saturated heterocycles. The summed E-state index contributed by atoms with van der Waals surface area (Å²) in [6, 6.07) is 6.13. The van der Waals surface area contributed by atoms with Gasteiger partial charge in [0.1, 0.15) is 0 Å². The summed E-state index contributed by atoms with van der Waals surface area (Å²) in [5, 5.41) is 0.800. The molecule has 116 valence electrons. The highest BCUT2D eigenvalue weighted by molar-refractivity contribution is 6.31. The molecule has 3 nitrogen and oxygen atoms in total. The first-order valence-corrected chi connectivity index (χ1v) is 8.60. The van der Waals surface area contributed by atoms with E-state index in [2.05, 4.69) is 15.9 Å². The first-order chi connectivity index (χ1) is 10.3. The van der Waals surface area contributed by atoms with Crippen molar-refractivity contribution in [2.75, 3.05) is 37.6 Å². The zero-order chi connectivity index (χ0) is 14.7. The summed E-state index contributed by atoms with van der Waals surface area (Å²) in [6.07, 6.45) is 5.35. The molecule has 0 unspecified atom stereocenters. The monoisotopic (exact) mass is 307 g/mol. The van der Waals surface area contributed by atoms with Crippen LogP contribution in [0.3, 0.4) is 0 Å². The molecular formula is C17H26ClN3. The maximum Gasteiger partial charge on any atom is 0.0471 e. The lowest BCUT2D eigenvalue weighted by atomic mass is 9.95. The van der Waals surface area contributed by atoms with Crippen molar-refractivity contribution in [1.29, 1.82) is 0 Å². The third-order valence-electron chi connectivity index (χ3n) is 4.97. The number of nitrogens with two attached hydrogens (primary N) is 1. The summed E-state index contributed by atoms with van der Waals surface area (Å²) in [5.41, 5.74) is 8.21. The predicted octanol–water partition coefficient (Wildman–Crippen LogP) is 3.11. The van der Waals surface area contributed by atoms with E-state index >= 15 is 0 Å². The number of likely N-dealkylation sites (tertiary alicyclic amines) is 1. The number of anilines is 1. The van der Waals surface area contributed by atoms with Gasteiger partial charge in [0.15, 0.2) is 0 Å². The highest BCUT2D eigenvalue weighted by Gasteiger charge is 2.24. The van der Waals surface area contributed by atoms with Gasteiger partial charge in [0.05, 0.1) is 0 Å². The molecule has 2 heterocycles. The SMILES string of the molecule is NCc1c(Cl)cccc1N1CCC(CN2CCCC2)CC1. The molecule has 0 aromatic heterocycles. The number of hydrogen-bond donors (Lipinski definition) is 1. The normalized spacial score (nSPS) is 21.1. The average molecular weight is 308 g/mol. The summed E-state index contributed by atoms with van der Waals surface area (Å²) in [7, 11) is 0. The quantitative estimate of drug-likeness (QED) is 0.927. The number of rotatable bonds is 4. The molecule has 2 aliphatic heterocycles. The smallest absolute Gasteiger partial charge is 0.0471 e. The number of benzene rings is 1. The molecule has 2 aliphatic rings. The van der Waals surface area contributed by atoms with Crippen LogP contribution in [0.1, 0.15) is 31.2 Å². The Balaban J connectivity index is 1.59. The molecular weight excluding hydrogens is 282 g/mol. The Morgan fingerprint density at radius 1 is 1.10 bits per heavy atom. The van der Waals surface area contributed by atoms with Gasteiger partial charge in [0.25, 0.3) is 0 Å². The minimum atomic E-state index is 0.517. The summed E-state index contributed by atoms with van der Waals surface area (Å²) in [4.78, 5) is 5.11. The Kier molecular flexibility index (Phi) is 5.04. The molecule has 0 saturated carbocycles. The highest BCUT2D eigenvalue weighted by atomic mass is 35.5. The molecule has 0 atom stereocenters. The third kappa shape index (κ3) is 3.53. The van der Waals surface area contributed by atoms with E-state index in [0.717, 1.165) is 29.6 Å². The van der Waals surface area contributed by atoms with E-state index in [1.807, 2.05) is 12.1 Å². The van der Waals surface area contributed by atoms with Crippen molar-refractivity contribution < 1.29 is 0 Å². The zero-order valence-electron chi connectivity index (χ0n) is 12.7. The fourth-order valence-corrected chi connectivity index (χ4v) is 3.98. The second-order valence-corrected chi connectivity index (χ2v) is 6.79. The summed E-state index contributed by atoms with van der Waals surface area (Å²) in [6.45, 7) is 6.70. The van der Waals surface area contributed by atoms with Crippen molar-refractivity contribution in [2.24, 2.45) is 11.7 Å². The second kappa shape index (κ2) is 6.99. The van der Waals surface area contributed by atoms with Crippen LogP contribution in [0.2, 0.25) is 5.02 Å². The van der Waals surface area contributed by atoms with Crippen molar-refractivity contribution >= 4 is 17.3 Å². The molecule has 3 rings (SSSR count). The number of hydrogen-bond acceptors (Lipinski definition) is 3. The Labute approximate surface area is 133 Å². The van der Waals surface area contributed by atoms with Gasteiger partial charge in [-0.25, -0.2) is 0 Å². The van der Waals surface area contributed by atoms with Gasteiger partial charge in [-0.1, -0.05) is 17.7 Å². The van der Waals surface area contributed by atoms with Crippen molar-refractivity contribution in [1.82, 2.24) is 4.90 Å². The van der Waals surface area contributed by atoms with E-state index in [-0.39, 0.29) is 0 Å². The van der Waals surface area contributed by atoms with E-state index in [0.29, 0.717) is 6.54 Å². The summed E-state index contributed by atoms with van der Waals surface area (Å²) >= 11 is 6.28. The summed E-state index contributed by atoms with van der Waals surface area (Å²) < 4.78 is 0. The van der Waals surface area contributed by atoms with Crippen LogP contribution < -0.4 is 10.6 Å². The van der Waals surface area contributed by atoms with Gasteiger partial charge in [-0.15, -0.1) is 0 Å². The van der Waals surface area contributed by atoms with Crippen LogP contribution in [0, 0.1) is 5.92 Å². The van der Waals surface area contributed by atoms with Gasteiger partial charge in [-0.2, -0.15) is 0 Å². The van der Waals surface area contributed by atoms with Gasteiger partial charge >= 0.3 is 0 Å². The minimum absolute atomic E-state index is 0.517. The van der Waals surface area contributed by atoms with Crippen LogP contribution in [-0.2, 0) is 6.54 Å². The Hall–Kier alpha value is -0.770. The predicted molar refractivity (Wildman–Crippen MR) is 90.0 cm³/mol. The van der Waals surface area contributed by atoms with E-state index in [4.69, 9.17) is 17.3 Å². The molecule has 0 aliphatic carbocycles. The van der Waals surface area contributed by atoms with Crippen LogP contribution in [0.4, 0.5) is 5.69 Å². The van der Waals surface area contributed by atoms with E-state index in [1.165, 1.54) is 51.0 Å². The summed E-state index contributed by atoms with van der Waals surface area (Å²) in [5.74, 6) is 0.861. The fraction of sp³-hybridized carbons (Fsp3) is 0.647. The molecule has 1 aromatic rings. The van der Waals surface area contributed by atoms with Crippen LogP contribution in [-0.4, -0.2) is 37.6 Å². The van der Waals surface area contributed by atoms with Crippen LogP contribution in [0.15, 0.2) is 18.2 Å². The van der Waals surface area contributed by atoms with Crippen LogP contribution in [0.5, 0.6) is 0 Å². The number of halogens is 1. The molecule has 0 amide bonds. The first-order valence-electron chi connectivity index (χ1n) is 8.22. The largest absolute Gasteiger partial charge is 0.371 e. The fourth-order valence-electron chi connectivity index (χ4n) is 3.73. The first kappa shape index (κ1) is 15.1. The zero-order valence-corrected chi connectivity index (χ0v) is 13.5. The van der Waals surface area contributed by atoms with E-state index < -0.39 is 0 Å². The number of piperidine rings is 1. The van der Waals surface area contributed by atoms with E-state index in [9.17, 15) is 0 Å².